The molecule has 1 aromatic heterocycles. The van der Waals surface area contributed by atoms with Gasteiger partial charge in [0.1, 0.15) is 5.60 Å². The van der Waals surface area contributed by atoms with Crippen LogP contribution >= 0.6 is 0 Å². The van der Waals surface area contributed by atoms with E-state index in [4.69, 9.17) is 4.74 Å². The number of nitrogens with zero attached hydrogens (tertiary/aromatic N) is 1. The van der Waals surface area contributed by atoms with Gasteiger partial charge in [-0.2, -0.15) is 4.79 Å². The highest BCUT2D eigenvalue weighted by atomic mass is 16.6. The Labute approximate surface area is 182 Å². The molecule has 4 rings (SSSR count). The van der Waals surface area contributed by atoms with Gasteiger partial charge in [0.15, 0.2) is 11.9 Å². The summed E-state index contributed by atoms with van der Waals surface area (Å²) in [4.78, 5) is 20.6. The molecular formula is C26H28N3O2+. The first kappa shape index (κ1) is 20.8. The average molecular weight is 415 g/mol. The number of rotatable bonds is 5. The van der Waals surface area contributed by atoms with Crippen LogP contribution in [0.1, 0.15) is 38.2 Å². The lowest BCUT2D eigenvalue weighted by Gasteiger charge is -2.19. The number of aromatic nitrogens is 2. The zero-order valence-electron chi connectivity index (χ0n) is 18.1. The Balaban J connectivity index is 1.62. The Morgan fingerprint density at radius 3 is 2.45 bits per heavy atom. The molecule has 158 valence electrons. The van der Waals surface area contributed by atoms with Gasteiger partial charge in [-0.25, -0.2) is 10.3 Å². The number of primary amides is 1. The summed E-state index contributed by atoms with van der Waals surface area (Å²) in [6.45, 7) is 5.62. The molecule has 5 nitrogen and oxygen atoms in total. The summed E-state index contributed by atoms with van der Waals surface area (Å²) in [6.07, 6.45) is 2.13. The fourth-order valence-corrected chi connectivity index (χ4v) is 3.64. The van der Waals surface area contributed by atoms with E-state index in [1.165, 1.54) is 10.8 Å². The second-order valence-electron chi connectivity index (χ2n) is 8.74. The van der Waals surface area contributed by atoms with Crippen molar-refractivity contribution in [3.63, 3.8) is 0 Å². The van der Waals surface area contributed by atoms with Crippen LogP contribution in [0.25, 0.3) is 22.0 Å². The standard InChI is InChI=1S/C26H27N3O2/c1-26(2,3)31-25(30)29-22(16-18-13-14-19-9-7-8-12-21(19)15-18)24-27-17-23(28-24)20-10-5-4-6-11-20/h4-15,17,22H,16H2,1-3H3,(H,27,28)(H,29,30)/p+1/t22-/m1/s1. The Morgan fingerprint density at radius 1 is 1.00 bits per heavy atom. The summed E-state index contributed by atoms with van der Waals surface area (Å²) in [5, 5.41) is 4.01. The van der Waals surface area contributed by atoms with Gasteiger partial charge < -0.3 is 9.72 Å². The molecule has 1 amide bonds. The quantitative estimate of drug-likeness (QED) is 0.482. The van der Waals surface area contributed by atoms with Gasteiger partial charge in [0, 0.05) is 6.42 Å². The van der Waals surface area contributed by atoms with Crippen LogP contribution in [-0.4, -0.2) is 21.7 Å². The van der Waals surface area contributed by atoms with Crippen LogP contribution in [0, 0.1) is 0 Å². The highest BCUT2D eigenvalue weighted by molar-refractivity contribution is 5.83. The smallest absolute Gasteiger partial charge is 0.414 e. The number of fused-ring (bicyclic) bond motifs is 1. The van der Waals surface area contributed by atoms with Crippen molar-refractivity contribution in [2.75, 3.05) is 0 Å². The van der Waals surface area contributed by atoms with Crippen molar-refractivity contribution in [1.82, 2.24) is 9.97 Å². The molecule has 0 spiro atoms. The molecule has 0 aliphatic rings. The minimum absolute atomic E-state index is 0.228. The third-order valence-electron chi connectivity index (χ3n) is 5.05. The van der Waals surface area contributed by atoms with Crippen molar-refractivity contribution in [3.8, 4) is 11.3 Å². The largest absolute Gasteiger partial charge is 0.513 e. The zero-order chi connectivity index (χ0) is 21.8. The van der Waals surface area contributed by atoms with E-state index in [-0.39, 0.29) is 12.1 Å². The maximum Gasteiger partial charge on any atom is 0.513 e. The van der Waals surface area contributed by atoms with E-state index in [1.54, 1.807) is 5.32 Å². The first-order valence-electron chi connectivity index (χ1n) is 10.5. The molecule has 1 atom stereocenters. The van der Waals surface area contributed by atoms with E-state index in [0.29, 0.717) is 6.42 Å². The summed E-state index contributed by atoms with van der Waals surface area (Å²) in [6, 6.07) is 24.5. The maximum atomic E-state index is 12.6. The number of nitrogens with two attached hydrogens (primary N) is 1. The second kappa shape index (κ2) is 8.74. The Morgan fingerprint density at radius 2 is 1.71 bits per heavy atom. The van der Waals surface area contributed by atoms with Gasteiger partial charge in [0.05, 0.1) is 11.9 Å². The minimum Gasteiger partial charge on any atom is -0.414 e. The predicted octanol–water partition coefficient (Wildman–Crippen LogP) is 5.01. The lowest BCUT2D eigenvalue weighted by atomic mass is 10.0. The van der Waals surface area contributed by atoms with Crippen LogP contribution in [0.4, 0.5) is 4.79 Å². The Kier molecular flexibility index (Phi) is 5.87. The maximum absolute atomic E-state index is 12.6. The predicted molar refractivity (Wildman–Crippen MR) is 123 cm³/mol. The topological polar surface area (TPSA) is 71.6 Å². The third-order valence-corrected chi connectivity index (χ3v) is 5.05. The van der Waals surface area contributed by atoms with Crippen LogP contribution in [0.15, 0.2) is 79.0 Å². The summed E-state index contributed by atoms with van der Waals surface area (Å²) in [5.41, 5.74) is 2.58. The lowest BCUT2D eigenvalue weighted by Crippen LogP contribution is -2.90. The highest BCUT2D eigenvalue weighted by Gasteiger charge is 2.27. The molecule has 0 saturated carbocycles. The van der Waals surface area contributed by atoms with Crippen molar-refractivity contribution in [3.05, 3.63) is 90.4 Å². The summed E-state index contributed by atoms with van der Waals surface area (Å²) in [7, 11) is 0. The number of nitrogens with one attached hydrogen (secondary N) is 1. The number of H-pyrrole nitrogens is 1. The third kappa shape index (κ3) is 5.38. The molecule has 1 heterocycles. The van der Waals surface area contributed by atoms with Crippen LogP contribution in [0.5, 0.6) is 0 Å². The normalized spacial score (nSPS) is 12.6. The molecule has 5 heteroatoms. The van der Waals surface area contributed by atoms with Gasteiger partial charge in [0.2, 0.25) is 0 Å². The molecule has 4 aromatic rings. The summed E-state index contributed by atoms with van der Waals surface area (Å²) >= 11 is 0. The number of carbonyl (C=O) groups is 1. The van der Waals surface area contributed by atoms with Crippen molar-refractivity contribution in [1.29, 1.82) is 0 Å². The second-order valence-corrected chi connectivity index (χ2v) is 8.74. The molecule has 0 radical (unpaired) electrons. The first-order chi connectivity index (χ1) is 14.9. The van der Waals surface area contributed by atoms with Crippen LogP contribution in [0.3, 0.4) is 0 Å². The number of hydrogen-bond acceptors (Lipinski definition) is 3. The molecule has 31 heavy (non-hydrogen) atoms. The molecule has 0 fully saturated rings. The highest BCUT2D eigenvalue weighted by Crippen LogP contribution is 2.22. The van der Waals surface area contributed by atoms with Crippen molar-refractivity contribution < 1.29 is 14.8 Å². The molecule has 3 aromatic carbocycles. The molecule has 0 unspecified atom stereocenters. The number of ether oxygens (including phenoxy) is 1. The Bertz CT molecular complexity index is 1180. The van der Waals surface area contributed by atoms with Gasteiger partial charge in [-0.1, -0.05) is 72.8 Å². The molecule has 0 aliphatic carbocycles. The van der Waals surface area contributed by atoms with E-state index >= 15 is 0 Å². The minimum atomic E-state index is -0.542. The summed E-state index contributed by atoms with van der Waals surface area (Å²) < 4.78 is 5.55. The number of imidazole rings is 1. The van der Waals surface area contributed by atoms with E-state index in [0.717, 1.165) is 22.6 Å². The van der Waals surface area contributed by atoms with Gasteiger partial charge in [-0.05, 0) is 42.7 Å². The molecule has 3 N–H and O–H groups in total. The van der Waals surface area contributed by atoms with Crippen LogP contribution < -0.4 is 5.32 Å². The first-order valence-corrected chi connectivity index (χ1v) is 10.5. The van der Waals surface area contributed by atoms with Crippen LogP contribution in [-0.2, 0) is 11.2 Å². The van der Waals surface area contributed by atoms with E-state index in [9.17, 15) is 4.79 Å². The Hall–Kier alpha value is -3.44. The van der Waals surface area contributed by atoms with Crippen LogP contribution in [0.2, 0.25) is 0 Å². The number of carbonyl (C=O) groups excluding carboxylic acids is 1. The fraction of sp³-hybridized carbons (Fsp3) is 0.231. The SMILES string of the molecule is CC(C)(C)OC(=O)[NH2+][C@H](Cc1ccc2ccccc2c1)c1ncc(-c2ccccc2)[nH]1. The average Bonchev–Trinajstić information content (AvgIpc) is 3.23. The number of hydrogen-bond donors (Lipinski definition) is 2. The number of aromatic amines is 1. The molecule has 0 aliphatic heterocycles. The van der Waals surface area contributed by atoms with Gasteiger partial charge in [-0.15, -0.1) is 0 Å². The lowest BCUT2D eigenvalue weighted by molar-refractivity contribution is -0.618. The summed E-state index contributed by atoms with van der Waals surface area (Å²) in [5.74, 6) is 0.748. The number of quaternary nitrogens is 1. The molecular weight excluding hydrogens is 386 g/mol. The fourth-order valence-electron chi connectivity index (χ4n) is 3.64. The van der Waals surface area contributed by atoms with Crippen molar-refractivity contribution in [2.24, 2.45) is 0 Å². The van der Waals surface area contributed by atoms with E-state index < -0.39 is 5.60 Å². The van der Waals surface area contributed by atoms with E-state index in [2.05, 4.69) is 40.3 Å². The van der Waals surface area contributed by atoms with Crippen molar-refractivity contribution >= 4 is 16.9 Å². The number of benzene rings is 3. The monoisotopic (exact) mass is 414 g/mol. The van der Waals surface area contributed by atoms with Crippen molar-refractivity contribution in [2.45, 2.75) is 38.8 Å². The number of amides is 1. The molecule has 0 bridgehead atoms. The van der Waals surface area contributed by atoms with Gasteiger partial charge in [-0.3, -0.25) is 0 Å². The van der Waals surface area contributed by atoms with Gasteiger partial charge in [0.25, 0.3) is 0 Å². The zero-order valence-corrected chi connectivity index (χ0v) is 18.1. The van der Waals surface area contributed by atoms with E-state index in [1.807, 2.05) is 69.4 Å². The van der Waals surface area contributed by atoms with Gasteiger partial charge >= 0.3 is 6.09 Å². The molecule has 0 saturated heterocycles.